The van der Waals surface area contributed by atoms with Gasteiger partial charge in [-0.2, -0.15) is 4.98 Å². The van der Waals surface area contributed by atoms with Crippen LogP contribution in [0.3, 0.4) is 0 Å². The van der Waals surface area contributed by atoms with Crippen LogP contribution in [0.1, 0.15) is 24.5 Å². The second-order valence-electron chi connectivity index (χ2n) is 6.29. The van der Waals surface area contributed by atoms with Crippen LogP contribution < -0.4 is 0 Å². The predicted molar refractivity (Wildman–Crippen MR) is 92.5 cm³/mol. The van der Waals surface area contributed by atoms with Crippen molar-refractivity contribution in [3.63, 3.8) is 0 Å². The SMILES string of the molecule is CC1CN(Cc2nc(-c3cccnc3)no2)CC(c2ccccc2)O1. The van der Waals surface area contributed by atoms with Gasteiger partial charge in [-0.15, -0.1) is 0 Å². The second kappa shape index (κ2) is 7.13. The zero-order valence-corrected chi connectivity index (χ0v) is 14.1. The molecule has 128 valence electrons. The number of nitrogens with zero attached hydrogens (tertiary/aromatic N) is 4. The van der Waals surface area contributed by atoms with E-state index in [9.17, 15) is 0 Å². The Morgan fingerprint density at radius 1 is 1.12 bits per heavy atom. The van der Waals surface area contributed by atoms with Gasteiger partial charge in [0.15, 0.2) is 0 Å². The Hall–Kier alpha value is -2.57. The third kappa shape index (κ3) is 3.75. The van der Waals surface area contributed by atoms with E-state index >= 15 is 0 Å². The Morgan fingerprint density at radius 3 is 2.80 bits per heavy atom. The molecule has 1 aliphatic rings. The minimum absolute atomic E-state index is 0.0608. The van der Waals surface area contributed by atoms with E-state index in [4.69, 9.17) is 9.26 Å². The van der Waals surface area contributed by atoms with E-state index in [0.29, 0.717) is 18.3 Å². The molecule has 2 atom stereocenters. The first-order chi connectivity index (χ1) is 12.3. The molecule has 0 aliphatic carbocycles. The molecule has 25 heavy (non-hydrogen) atoms. The maximum Gasteiger partial charge on any atom is 0.241 e. The normalized spacial score (nSPS) is 21.3. The van der Waals surface area contributed by atoms with Crippen molar-refractivity contribution < 1.29 is 9.26 Å². The fourth-order valence-electron chi connectivity index (χ4n) is 3.14. The third-order valence-electron chi connectivity index (χ3n) is 4.25. The number of hydrogen-bond donors (Lipinski definition) is 0. The van der Waals surface area contributed by atoms with Gasteiger partial charge in [0.25, 0.3) is 0 Å². The Kier molecular flexibility index (Phi) is 4.54. The highest BCUT2D eigenvalue weighted by molar-refractivity contribution is 5.51. The summed E-state index contributed by atoms with van der Waals surface area (Å²) in [6.45, 7) is 4.36. The number of pyridine rings is 1. The van der Waals surface area contributed by atoms with Gasteiger partial charge >= 0.3 is 0 Å². The molecule has 3 aromatic rings. The lowest BCUT2D eigenvalue weighted by Gasteiger charge is -2.36. The molecule has 0 spiro atoms. The van der Waals surface area contributed by atoms with Crippen LogP contribution in [0.15, 0.2) is 59.4 Å². The fourth-order valence-corrected chi connectivity index (χ4v) is 3.14. The van der Waals surface area contributed by atoms with E-state index in [2.05, 4.69) is 39.1 Å². The smallest absolute Gasteiger partial charge is 0.241 e. The Balaban J connectivity index is 1.46. The quantitative estimate of drug-likeness (QED) is 0.729. The average Bonchev–Trinajstić information content (AvgIpc) is 3.11. The average molecular weight is 336 g/mol. The Labute approximate surface area is 146 Å². The number of ether oxygens (including phenoxy) is 1. The molecule has 1 aromatic carbocycles. The molecule has 2 aromatic heterocycles. The van der Waals surface area contributed by atoms with E-state index in [1.807, 2.05) is 30.3 Å². The maximum atomic E-state index is 6.10. The molecule has 1 saturated heterocycles. The highest BCUT2D eigenvalue weighted by Crippen LogP contribution is 2.26. The summed E-state index contributed by atoms with van der Waals surface area (Å²) in [4.78, 5) is 10.9. The summed E-state index contributed by atoms with van der Waals surface area (Å²) in [5.74, 6) is 1.18. The number of rotatable bonds is 4. The van der Waals surface area contributed by atoms with Crippen LogP contribution in [-0.2, 0) is 11.3 Å². The maximum absolute atomic E-state index is 6.10. The molecule has 1 fully saturated rings. The zero-order valence-electron chi connectivity index (χ0n) is 14.1. The first kappa shape index (κ1) is 15.9. The van der Waals surface area contributed by atoms with Crippen molar-refractivity contribution in [3.8, 4) is 11.4 Å². The van der Waals surface area contributed by atoms with E-state index in [-0.39, 0.29) is 12.2 Å². The third-order valence-corrected chi connectivity index (χ3v) is 4.25. The zero-order chi connectivity index (χ0) is 17.1. The summed E-state index contributed by atoms with van der Waals surface area (Å²) in [5, 5.41) is 4.06. The Morgan fingerprint density at radius 2 is 2.00 bits per heavy atom. The van der Waals surface area contributed by atoms with Gasteiger partial charge < -0.3 is 9.26 Å². The van der Waals surface area contributed by atoms with Crippen molar-refractivity contribution in [2.24, 2.45) is 0 Å². The van der Waals surface area contributed by atoms with Gasteiger partial charge in [-0.25, -0.2) is 0 Å². The largest absolute Gasteiger partial charge is 0.368 e. The van der Waals surface area contributed by atoms with Crippen molar-refractivity contribution in [2.45, 2.75) is 25.7 Å². The molecule has 6 heteroatoms. The van der Waals surface area contributed by atoms with Crippen LogP contribution in [0.5, 0.6) is 0 Å². The minimum Gasteiger partial charge on any atom is -0.368 e. The molecule has 0 radical (unpaired) electrons. The summed E-state index contributed by atoms with van der Waals surface area (Å²) in [6.07, 6.45) is 3.67. The molecule has 0 amide bonds. The second-order valence-corrected chi connectivity index (χ2v) is 6.29. The Bertz CT molecular complexity index is 807. The van der Waals surface area contributed by atoms with Crippen LogP contribution >= 0.6 is 0 Å². The van der Waals surface area contributed by atoms with Gasteiger partial charge in [-0.05, 0) is 24.6 Å². The lowest BCUT2D eigenvalue weighted by molar-refractivity contribution is -0.0832. The molecular weight excluding hydrogens is 316 g/mol. The van der Waals surface area contributed by atoms with Crippen LogP contribution in [0.25, 0.3) is 11.4 Å². The fraction of sp³-hybridized carbons (Fsp3) is 0.316. The van der Waals surface area contributed by atoms with Crippen LogP contribution in [0.4, 0.5) is 0 Å². The standard InChI is InChI=1S/C19H20N4O2/c1-14-11-23(12-17(24-14)15-6-3-2-4-7-15)13-18-21-19(22-25-18)16-8-5-9-20-10-16/h2-10,14,17H,11-13H2,1H3. The van der Waals surface area contributed by atoms with Gasteiger partial charge in [-0.3, -0.25) is 9.88 Å². The highest BCUT2D eigenvalue weighted by Gasteiger charge is 2.27. The van der Waals surface area contributed by atoms with Crippen LogP contribution in [0.2, 0.25) is 0 Å². The summed E-state index contributed by atoms with van der Waals surface area (Å²) >= 11 is 0. The van der Waals surface area contributed by atoms with E-state index in [1.54, 1.807) is 12.4 Å². The first-order valence-corrected chi connectivity index (χ1v) is 8.43. The van der Waals surface area contributed by atoms with Crippen molar-refractivity contribution in [1.29, 1.82) is 0 Å². The summed E-state index contributed by atoms with van der Waals surface area (Å²) in [6, 6.07) is 14.1. The van der Waals surface area contributed by atoms with Gasteiger partial charge in [0.2, 0.25) is 11.7 Å². The van der Waals surface area contributed by atoms with Crippen LogP contribution in [-0.4, -0.2) is 39.2 Å². The van der Waals surface area contributed by atoms with Crippen molar-refractivity contribution in [3.05, 3.63) is 66.3 Å². The van der Waals surface area contributed by atoms with Crippen molar-refractivity contribution in [1.82, 2.24) is 20.0 Å². The topological polar surface area (TPSA) is 64.3 Å². The van der Waals surface area contributed by atoms with E-state index < -0.39 is 0 Å². The molecule has 0 bridgehead atoms. The van der Waals surface area contributed by atoms with Gasteiger partial charge in [0.1, 0.15) is 0 Å². The van der Waals surface area contributed by atoms with Gasteiger partial charge in [0.05, 0.1) is 18.8 Å². The number of hydrogen-bond acceptors (Lipinski definition) is 6. The number of aromatic nitrogens is 3. The molecule has 3 heterocycles. The molecule has 0 saturated carbocycles. The molecule has 1 aliphatic heterocycles. The molecular formula is C19H20N4O2. The molecule has 2 unspecified atom stereocenters. The summed E-state index contributed by atoms with van der Waals surface area (Å²) in [5.41, 5.74) is 2.05. The molecule has 0 N–H and O–H groups in total. The molecule has 4 rings (SSSR count). The lowest BCUT2D eigenvalue weighted by atomic mass is 10.1. The van der Waals surface area contributed by atoms with Crippen molar-refractivity contribution >= 4 is 0 Å². The number of morpholine rings is 1. The summed E-state index contributed by atoms with van der Waals surface area (Å²) < 4.78 is 11.5. The summed E-state index contributed by atoms with van der Waals surface area (Å²) in [7, 11) is 0. The van der Waals surface area contributed by atoms with Gasteiger partial charge in [0, 0.05) is 31.0 Å². The monoisotopic (exact) mass is 336 g/mol. The van der Waals surface area contributed by atoms with E-state index in [0.717, 1.165) is 18.7 Å². The van der Waals surface area contributed by atoms with Gasteiger partial charge in [-0.1, -0.05) is 35.5 Å². The minimum atomic E-state index is 0.0608. The van der Waals surface area contributed by atoms with E-state index in [1.165, 1.54) is 5.56 Å². The first-order valence-electron chi connectivity index (χ1n) is 8.43. The molecule has 6 nitrogen and oxygen atoms in total. The lowest BCUT2D eigenvalue weighted by Crippen LogP contribution is -2.42. The van der Waals surface area contributed by atoms with Crippen LogP contribution in [0, 0.1) is 0 Å². The highest BCUT2D eigenvalue weighted by atomic mass is 16.5. The number of benzene rings is 1. The predicted octanol–water partition coefficient (Wildman–Crippen LogP) is 3.09. The van der Waals surface area contributed by atoms with Crippen molar-refractivity contribution in [2.75, 3.05) is 13.1 Å².